The van der Waals surface area contributed by atoms with Crippen LogP contribution in [0.3, 0.4) is 0 Å². The lowest BCUT2D eigenvalue weighted by molar-refractivity contribution is -0.146. The maximum Gasteiger partial charge on any atom is 0.313 e. The molecule has 7 heteroatoms. The van der Waals surface area contributed by atoms with Crippen molar-refractivity contribution in [1.82, 2.24) is 15.4 Å². The van der Waals surface area contributed by atoms with Gasteiger partial charge in [-0.05, 0) is 38.8 Å². The summed E-state index contributed by atoms with van der Waals surface area (Å²) in [4.78, 5) is 26.0. The first-order chi connectivity index (χ1) is 10.6. The number of carbonyl (C=O) groups is 2. The molecule has 1 aromatic heterocycles. The molecular weight excluding hydrogens is 286 g/mol. The first-order valence-electron chi connectivity index (χ1n) is 7.67. The van der Waals surface area contributed by atoms with Crippen molar-refractivity contribution in [3.63, 3.8) is 0 Å². The summed E-state index contributed by atoms with van der Waals surface area (Å²) in [5.74, 6) is 0.121. The van der Waals surface area contributed by atoms with E-state index in [1.54, 1.807) is 6.07 Å². The van der Waals surface area contributed by atoms with Crippen LogP contribution >= 0.6 is 0 Å². The third-order valence-electron chi connectivity index (χ3n) is 4.43. The van der Waals surface area contributed by atoms with Crippen molar-refractivity contribution in [3.05, 3.63) is 17.5 Å². The zero-order valence-corrected chi connectivity index (χ0v) is 12.8. The minimum Gasteiger partial charge on any atom is -0.469 e. The minimum atomic E-state index is -0.535. The largest absolute Gasteiger partial charge is 0.469 e. The van der Waals surface area contributed by atoms with Crippen LogP contribution in [0, 0.1) is 5.41 Å². The van der Waals surface area contributed by atoms with Crippen LogP contribution in [0.5, 0.6) is 0 Å². The zero-order valence-electron chi connectivity index (χ0n) is 12.8. The van der Waals surface area contributed by atoms with E-state index in [-0.39, 0.29) is 24.1 Å². The topological polar surface area (TPSA) is 84.7 Å². The van der Waals surface area contributed by atoms with E-state index in [0.29, 0.717) is 12.3 Å². The van der Waals surface area contributed by atoms with Crippen molar-refractivity contribution in [1.29, 1.82) is 0 Å². The molecule has 2 aliphatic rings. The first-order valence-corrected chi connectivity index (χ1v) is 7.67. The Bertz CT molecular complexity index is 559. The standard InChI is InChI=1S/C15H21N3O4/c1-21-14(20)15(4-5-15)10-16-13(19)12-8-11(22-17-12)9-18-6-2-3-7-18/h8H,2-7,9-10H2,1H3,(H,16,19). The van der Waals surface area contributed by atoms with Crippen molar-refractivity contribution in [2.45, 2.75) is 32.2 Å². The van der Waals surface area contributed by atoms with Crippen LogP contribution in [0.1, 0.15) is 41.9 Å². The summed E-state index contributed by atoms with van der Waals surface area (Å²) >= 11 is 0. The second-order valence-corrected chi connectivity index (χ2v) is 6.12. The summed E-state index contributed by atoms with van der Waals surface area (Å²) in [5.41, 5.74) is -0.276. The van der Waals surface area contributed by atoms with Gasteiger partial charge in [0.1, 0.15) is 0 Å². The van der Waals surface area contributed by atoms with Crippen LogP contribution in [-0.4, -0.2) is 48.7 Å². The highest BCUT2D eigenvalue weighted by atomic mass is 16.5. The molecule has 1 aliphatic carbocycles. The summed E-state index contributed by atoms with van der Waals surface area (Å²) in [5, 5.41) is 6.56. The molecule has 0 aromatic carbocycles. The van der Waals surface area contributed by atoms with Crippen molar-refractivity contribution in [2.24, 2.45) is 5.41 Å². The number of amides is 1. The Morgan fingerprint density at radius 2 is 2.14 bits per heavy atom. The first kappa shape index (κ1) is 15.0. The number of likely N-dealkylation sites (tertiary alicyclic amines) is 1. The Labute approximate surface area is 129 Å². The van der Waals surface area contributed by atoms with Crippen LogP contribution in [-0.2, 0) is 16.1 Å². The van der Waals surface area contributed by atoms with Gasteiger partial charge in [-0.15, -0.1) is 0 Å². The van der Waals surface area contributed by atoms with Gasteiger partial charge in [-0.3, -0.25) is 14.5 Å². The van der Waals surface area contributed by atoms with E-state index in [1.807, 2.05) is 0 Å². The van der Waals surface area contributed by atoms with Crippen molar-refractivity contribution in [3.8, 4) is 0 Å². The van der Waals surface area contributed by atoms with Gasteiger partial charge in [0.15, 0.2) is 11.5 Å². The van der Waals surface area contributed by atoms with E-state index in [4.69, 9.17) is 9.26 Å². The number of ether oxygens (including phenoxy) is 1. The quantitative estimate of drug-likeness (QED) is 0.788. The molecule has 0 spiro atoms. The Kier molecular flexibility index (Phi) is 4.15. The van der Waals surface area contributed by atoms with Crippen molar-refractivity contribution in [2.75, 3.05) is 26.7 Å². The monoisotopic (exact) mass is 307 g/mol. The predicted molar refractivity (Wildman–Crippen MR) is 77.0 cm³/mol. The highest BCUT2D eigenvalue weighted by Gasteiger charge is 2.51. The summed E-state index contributed by atoms with van der Waals surface area (Å²) in [6, 6.07) is 1.67. The molecule has 3 rings (SSSR count). The Hall–Kier alpha value is -1.89. The molecule has 1 saturated carbocycles. The highest BCUT2D eigenvalue weighted by molar-refractivity contribution is 5.92. The molecule has 7 nitrogen and oxygen atoms in total. The number of esters is 1. The van der Waals surface area contributed by atoms with Crippen molar-refractivity contribution < 1.29 is 18.8 Å². The fourth-order valence-corrected chi connectivity index (χ4v) is 2.82. The number of nitrogens with one attached hydrogen (secondary N) is 1. The number of carbonyl (C=O) groups excluding carboxylic acids is 2. The summed E-state index contributed by atoms with van der Waals surface area (Å²) in [7, 11) is 1.37. The van der Waals surface area contributed by atoms with E-state index in [0.717, 1.165) is 25.9 Å². The van der Waals surface area contributed by atoms with Gasteiger partial charge in [0.2, 0.25) is 0 Å². The molecule has 120 valence electrons. The highest BCUT2D eigenvalue weighted by Crippen LogP contribution is 2.46. The van der Waals surface area contributed by atoms with Gasteiger partial charge in [0, 0.05) is 12.6 Å². The maximum atomic E-state index is 12.1. The fourth-order valence-electron chi connectivity index (χ4n) is 2.82. The molecule has 0 radical (unpaired) electrons. The molecule has 1 aromatic rings. The molecule has 0 unspecified atom stereocenters. The number of hydrogen-bond donors (Lipinski definition) is 1. The molecule has 2 fully saturated rings. The third-order valence-corrected chi connectivity index (χ3v) is 4.43. The van der Waals surface area contributed by atoms with E-state index in [9.17, 15) is 9.59 Å². The van der Waals surface area contributed by atoms with Crippen LogP contribution < -0.4 is 5.32 Å². The van der Waals surface area contributed by atoms with Gasteiger partial charge in [-0.25, -0.2) is 0 Å². The molecule has 1 N–H and O–H groups in total. The van der Waals surface area contributed by atoms with Gasteiger partial charge in [-0.2, -0.15) is 0 Å². The van der Waals surface area contributed by atoms with Gasteiger partial charge in [-0.1, -0.05) is 5.16 Å². The normalized spacial score (nSPS) is 19.9. The van der Waals surface area contributed by atoms with Gasteiger partial charge in [0.25, 0.3) is 5.91 Å². The lowest BCUT2D eigenvalue weighted by Gasteiger charge is -2.12. The molecule has 2 heterocycles. The predicted octanol–water partition coefficient (Wildman–Crippen LogP) is 0.953. The van der Waals surface area contributed by atoms with Crippen LogP contribution in [0.25, 0.3) is 0 Å². The number of rotatable bonds is 6. The van der Waals surface area contributed by atoms with Crippen LogP contribution in [0.4, 0.5) is 0 Å². The molecule has 1 aliphatic heterocycles. The van der Waals surface area contributed by atoms with E-state index in [1.165, 1.54) is 20.0 Å². The Morgan fingerprint density at radius 1 is 1.41 bits per heavy atom. The fraction of sp³-hybridized carbons (Fsp3) is 0.667. The minimum absolute atomic E-state index is 0.259. The second kappa shape index (κ2) is 6.08. The Morgan fingerprint density at radius 3 is 2.77 bits per heavy atom. The average molecular weight is 307 g/mol. The number of nitrogens with zero attached hydrogens (tertiary/aromatic N) is 2. The Balaban J connectivity index is 1.52. The average Bonchev–Trinajstić information content (AvgIpc) is 2.93. The van der Waals surface area contributed by atoms with Gasteiger partial charge in [0.05, 0.1) is 19.1 Å². The number of aromatic nitrogens is 1. The van der Waals surface area contributed by atoms with Gasteiger partial charge < -0.3 is 14.6 Å². The maximum absolute atomic E-state index is 12.1. The van der Waals surface area contributed by atoms with E-state index in [2.05, 4.69) is 15.4 Å². The summed E-state index contributed by atoms with van der Waals surface area (Å²) < 4.78 is 9.98. The van der Waals surface area contributed by atoms with Crippen LogP contribution in [0.2, 0.25) is 0 Å². The van der Waals surface area contributed by atoms with Gasteiger partial charge >= 0.3 is 5.97 Å². The lowest BCUT2D eigenvalue weighted by Crippen LogP contribution is -2.35. The van der Waals surface area contributed by atoms with E-state index >= 15 is 0 Å². The molecule has 0 atom stereocenters. The lowest BCUT2D eigenvalue weighted by atomic mass is 10.1. The summed E-state index contributed by atoms with van der Waals surface area (Å²) in [6.45, 7) is 3.09. The third kappa shape index (κ3) is 3.14. The molecule has 1 amide bonds. The number of methoxy groups -OCH3 is 1. The zero-order chi connectivity index (χ0) is 15.6. The van der Waals surface area contributed by atoms with E-state index < -0.39 is 5.41 Å². The summed E-state index contributed by atoms with van der Waals surface area (Å²) in [6.07, 6.45) is 3.91. The van der Waals surface area contributed by atoms with Crippen LogP contribution in [0.15, 0.2) is 10.6 Å². The smallest absolute Gasteiger partial charge is 0.313 e. The molecule has 0 bridgehead atoms. The molecule has 1 saturated heterocycles. The number of hydrogen-bond acceptors (Lipinski definition) is 6. The second-order valence-electron chi connectivity index (χ2n) is 6.12. The SMILES string of the molecule is COC(=O)C1(CNC(=O)c2cc(CN3CCCC3)on2)CC1. The van der Waals surface area contributed by atoms with Crippen molar-refractivity contribution >= 4 is 11.9 Å². The molecule has 22 heavy (non-hydrogen) atoms. The molecular formula is C15H21N3O4.